The van der Waals surface area contributed by atoms with Crippen molar-refractivity contribution in [1.82, 2.24) is 19.9 Å². The van der Waals surface area contributed by atoms with E-state index in [0.717, 1.165) is 0 Å². The number of pyridine rings is 3. The number of hydrogen-bond acceptors (Lipinski definition) is 6. The molecule has 0 bridgehead atoms. The summed E-state index contributed by atoms with van der Waals surface area (Å²) in [4.78, 5) is 25.5. The van der Waals surface area contributed by atoms with E-state index >= 15 is 0 Å². The highest BCUT2D eigenvalue weighted by Crippen LogP contribution is 2.31. The molecule has 0 aliphatic carbocycles. The number of carbonyl (C=O) groups excluding carboxylic acids is 1. The largest absolute Gasteiger partial charge is 0.435 e. The van der Waals surface area contributed by atoms with Crippen molar-refractivity contribution in [2.75, 3.05) is 0 Å². The molecule has 1 aliphatic heterocycles. The van der Waals surface area contributed by atoms with Crippen LogP contribution in [0.1, 0.15) is 17.0 Å². The second kappa shape index (κ2) is 7.18. The van der Waals surface area contributed by atoms with Crippen LogP contribution in [0.3, 0.4) is 0 Å². The summed E-state index contributed by atoms with van der Waals surface area (Å²) in [6.45, 7) is 1.70. The van der Waals surface area contributed by atoms with Gasteiger partial charge in [0, 0.05) is 24.0 Å². The molecule has 0 atom stereocenters. The van der Waals surface area contributed by atoms with Crippen molar-refractivity contribution >= 4 is 6.09 Å². The molecule has 1 aliphatic rings. The lowest BCUT2D eigenvalue weighted by atomic mass is 10.2. The molecule has 0 aromatic carbocycles. The number of aromatic nitrogens is 3. The Labute approximate surface area is 158 Å². The summed E-state index contributed by atoms with van der Waals surface area (Å²) in [6, 6.07) is 5.60. The van der Waals surface area contributed by atoms with Crippen molar-refractivity contribution in [3.63, 3.8) is 0 Å². The second-order valence-corrected chi connectivity index (χ2v) is 6.10. The van der Waals surface area contributed by atoms with E-state index in [1.165, 1.54) is 47.8 Å². The fourth-order valence-electron chi connectivity index (χ4n) is 2.73. The quantitative estimate of drug-likeness (QED) is 0.682. The van der Waals surface area contributed by atoms with Gasteiger partial charge >= 0.3 is 6.09 Å². The molecule has 4 rings (SSSR count). The molecule has 0 saturated heterocycles. The van der Waals surface area contributed by atoms with E-state index in [2.05, 4.69) is 15.0 Å². The molecule has 0 spiro atoms. The Morgan fingerprint density at radius 1 is 1.21 bits per heavy atom. The van der Waals surface area contributed by atoms with E-state index in [1.807, 2.05) is 0 Å². The zero-order valence-corrected chi connectivity index (χ0v) is 14.7. The number of nitrogens with zero attached hydrogens (tertiary/aromatic N) is 4. The number of ether oxygens (including phenoxy) is 2. The van der Waals surface area contributed by atoms with Gasteiger partial charge in [0.25, 0.3) is 5.88 Å². The molecule has 4 heterocycles. The molecule has 1 amide bonds. The van der Waals surface area contributed by atoms with Crippen LogP contribution in [0.2, 0.25) is 0 Å². The molecule has 0 radical (unpaired) electrons. The topological polar surface area (TPSA) is 77.4 Å². The summed E-state index contributed by atoms with van der Waals surface area (Å²) in [5.41, 5.74) is 1.06. The molecular weight excluding hydrogens is 370 g/mol. The zero-order valence-electron chi connectivity index (χ0n) is 14.7. The van der Waals surface area contributed by atoms with Crippen molar-refractivity contribution in [2.24, 2.45) is 0 Å². The van der Waals surface area contributed by atoms with Crippen LogP contribution in [0.4, 0.5) is 13.6 Å². The molecular formula is C19H14F2N4O3. The SMILES string of the molecule is Cc1nccc(CN2Cc3ncc(Oc4ncccc4F)cc3OC2=O)c1F. The molecule has 3 aromatic rings. The number of carbonyl (C=O) groups is 1. The van der Waals surface area contributed by atoms with Crippen molar-refractivity contribution < 1.29 is 23.0 Å². The summed E-state index contributed by atoms with van der Waals surface area (Å²) >= 11 is 0. The van der Waals surface area contributed by atoms with Crippen LogP contribution in [0.15, 0.2) is 42.9 Å². The Hall–Kier alpha value is -3.62. The monoisotopic (exact) mass is 384 g/mol. The van der Waals surface area contributed by atoms with Crippen molar-refractivity contribution in [3.8, 4) is 17.4 Å². The highest BCUT2D eigenvalue weighted by atomic mass is 19.1. The number of rotatable bonds is 4. The smallest absolute Gasteiger partial charge is 0.415 e. The Kier molecular flexibility index (Phi) is 4.56. The molecule has 0 fully saturated rings. The number of aryl methyl sites for hydroxylation is 1. The Morgan fingerprint density at radius 3 is 2.89 bits per heavy atom. The molecule has 0 unspecified atom stereocenters. The van der Waals surface area contributed by atoms with Gasteiger partial charge in [-0.1, -0.05) is 0 Å². The minimum Gasteiger partial charge on any atom is -0.435 e. The predicted octanol–water partition coefficient (Wildman–Crippen LogP) is 3.77. The first-order valence-corrected chi connectivity index (χ1v) is 8.35. The van der Waals surface area contributed by atoms with Crippen LogP contribution < -0.4 is 9.47 Å². The minimum absolute atomic E-state index is 0.0204. The molecule has 0 saturated carbocycles. The van der Waals surface area contributed by atoms with E-state index in [1.54, 1.807) is 6.92 Å². The van der Waals surface area contributed by atoms with Crippen LogP contribution >= 0.6 is 0 Å². The van der Waals surface area contributed by atoms with Gasteiger partial charge in [-0.15, -0.1) is 0 Å². The van der Waals surface area contributed by atoms with Gasteiger partial charge in [-0.2, -0.15) is 0 Å². The molecule has 9 heteroatoms. The zero-order chi connectivity index (χ0) is 19.7. The normalized spacial score (nSPS) is 13.1. The van der Waals surface area contributed by atoms with E-state index in [4.69, 9.17) is 9.47 Å². The van der Waals surface area contributed by atoms with Crippen LogP contribution in [-0.4, -0.2) is 25.9 Å². The number of hydrogen-bond donors (Lipinski definition) is 0. The average molecular weight is 384 g/mol. The van der Waals surface area contributed by atoms with E-state index in [0.29, 0.717) is 11.3 Å². The van der Waals surface area contributed by atoms with Gasteiger partial charge in [0.1, 0.15) is 11.5 Å². The lowest BCUT2D eigenvalue weighted by Gasteiger charge is -2.27. The van der Waals surface area contributed by atoms with Crippen LogP contribution in [0.5, 0.6) is 17.4 Å². The van der Waals surface area contributed by atoms with Crippen LogP contribution in [0, 0.1) is 18.6 Å². The fourth-order valence-corrected chi connectivity index (χ4v) is 2.73. The highest BCUT2D eigenvalue weighted by Gasteiger charge is 2.27. The number of halogens is 2. The minimum atomic E-state index is -0.649. The van der Waals surface area contributed by atoms with Crippen LogP contribution in [-0.2, 0) is 13.1 Å². The predicted molar refractivity (Wildman–Crippen MR) is 92.7 cm³/mol. The van der Waals surface area contributed by atoms with Gasteiger partial charge in [0.05, 0.1) is 25.0 Å². The van der Waals surface area contributed by atoms with E-state index in [-0.39, 0.29) is 36.2 Å². The lowest BCUT2D eigenvalue weighted by molar-refractivity contribution is 0.133. The van der Waals surface area contributed by atoms with Gasteiger partial charge in [-0.3, -0.25) is 14.9 Å². The summed E-state index contributed by atoms with van der Waals surface area (Å²) in [7, 11) is 0. The van der Waals surface area contributed by atoms with Gasteiger partial charge in [0.2, 0.25) is 0 Å². The average Bonchev–Trinajstić information content (AvgIpc) is 2.68. The van der Waals surface area contributed by atoms with E-state index < -0.39 is 17.7 Å². The van der Waals surface area contributed by atoms with Gasteiger partial charge in [0.15, 0.2) is 17.3 Å². The van der Waals surface area contributed by atoms with Gasteiger partial charge < -0.3 is 9.47 Å². The molecule has 142 valence electrons. The molecule has 7 nitrogen and oxygen atoms in total. The number of amides is 1. The van der Waals surface area contributed by atoms with Crippen molar-refractivity contribution in [1.29, 1.82) is 0 Å². The Balaban J connectivity index is 1.53. The Morgan fingerprint density at radius 2 is 2.07 bits per heavy atom. The lowest BCUT2D eigenvalue weighted by Crippen LogP contribution is -2.37. The first-order valence-electron chi connectivity index (χ1n) is 8.35. The standard InChI is InChI=1S/C19H14F2N4O3/c1-11-17(21)12(4-6-22-11)9-25-10-15-16(28-19(25)26)7-13(8-24-15)27-18-14(20)3-2-5-23-18/h2-8H,9-10H2,1H3. The first-order chi connectivity index (χ1) is 13.5. The van der Waals surface area contributed by atoms with E-state index in [9.17, 15) is 13.6 Å². The maximum atomic E-state index is 14.2. The third kappa shape index (κ3) is 3.46. The van der Waals surface area contributed by atoms with Crippen molar-refractivity contribution in [3.05, 3.63) is 71.4 Å². The molecule has 3 aromatic heterocycles. The maximum Gasteiger partial charge on any atom is 0.415 e. The summed E-state index contributed by atoms with van der Waals surface area (Å²) in [6.07, 6.45) is 3.60. The summed E-state index contributed by atoms with van der Waals surface area (Å²) < 4.78 is 38.5. The summed E-state index contributed by atoms with van der Waals surface area (Å²) in [5, 5.41) is 0. The first kappa shape index (κ1) is 17.8. The second-order valence-electron chi connectivity index (χ2n) is 6.10. The third-order valence-electron chi connectivity index (χ3n) is 4.15. The maximum absolute atomic E-state index is 14.2. The van der Waals surface area contributed by atoms with Crippen molar-refractivity contribution in [2.45, 2.75) is 20.0 Å². The number of fused-ring (bicyclic) bond motifs is 1. The molecule has 28 heavy (non-hydrogen) atoms. The summed E-state index contributed by atoms with van der Waals surface area (Å²) in [5.74, 6) is -0.931. The molecule has 0 N–H and O–H groups in total. The van der Waals surface area contributed by atoms with Gasteiger partial charge in [-0.05, 0) is 25.1 Å². The van der Waals surface area contributed by atoms with Crippen LogP contribution in [0.25, 0.3) is 0 Å². The third-order valence-corrected chi connectivity index (χ3v) is 4.15. The highest BCUT2D eigenvalue weighted by molar-refractivity contribution is 5.73. The van der Waals surface area contributed by atoms with Gasteiger partial charge in [-0.25, -0.2) is 18.6 Å². The fraction of sp³-hybridized carbons (Fsp3) is 0.158. The Bertz CT molecular complexity index is 1060.